The van der Waals surface area contributed by atoms with Crippen molar-refractivity contribution in [2.75, 3.05) is 6.61 Å². The Labute approximate surface area is 143 Å². The van der Waals surface area contributed by atoms with Gasteiger partial charge in [0.2, 0.25) is 9.84 Å². The predicted molar refractivity (Wildman–Crippen MR) is 90.7 cm³/mol. The van der Waals surface area contributed by atoms with Crippen LogP contribution >= 0.6 is 0 Å². The first-order chi connectivity index (χ1) is 11.8. The lowest BCUT2D eigenvalue weighted by atomic mass is 10.1. The van der Waals surface area contributed by atoms with Crippen molar-refractivity contribution in [3.05, 3.63) is 46.9 Å². The lowest BCUT2D eigenvalue weighted by Crippen LogP contribution is -2.38. The van der Waals surface area contributed by atoms with Crippen LogP contribution in [0.3, 0.4) is 0 Å². The number of ether oxygens (including phenoxy) is 1. The largest absolute Gasteiger partial charge is 0.480 e. The highest BCUT2D eigenvalue weighted by Crippen LogP contribution is 2.38. The lowest BCUT2D eigenvalue weighted by Gasteiger charge is -2.11. The highest BCUT2D eigenvalue weighted by Gasteiger charge is 2.32. The topological polar surface area (TPSA) is 110 Å². The first-order valence-corrected chi connectivity index (χ1v) is 8.92. The minimum absolute atomic E-state index is 0.0445. The number of amides is 1. The van der Waals surface area contributed by atoms with Crippen LogP contribution in [-0.2, 0) is 19.4 Å². The summed E-state index contributed by atoms with van der Waals surface area (Å²) in [5, 5.41) is 12.2. The van der Waals surface area contributed by atoms with Crippen LogP contribution in [0.15, 0.2) is 46.2 Å². The van der Waals surface area contributed by atoms with Gasteiger partial charge in [0, 0.05) is 5.39 Å². The summed E-state index contributed by atoms with van der Waals surface area (Å²) in [6.45, 7) is 0.806. The minimum Gasteiger partial charge on any atom is -0.480 e. The molecule has 1 amide bonds. The number of benzene rings is 2. The summed E-state index contributed by atoms with van der Waals surface area (Å²) in [7, 11) is -3.77. The highest BCUT2D eigenvalue weighted by atomic mass is 32.2. The van der Waals surface area contributed by atoms with Gasteiger partial charge in [-0.05, 0) is 23.9 Å². The van der Waals surface area contributed by atoms with Crippen LogP contribution in [0.25, 0.3) is 16.8 Å². The molecule has 8 heteroatoms. The van der Waals surface area contributed by atoms with Crippen LogP contribution < -0.4 is 5.32 Å². The van der Waals surface area contributed by atoms with Crippen molar-refractivity contribution >= 4 is 38.7 Å². The van der Waals surface area contributed by atoms with Crippen molar-refractivity contribution in [2.45, 2.75) is 17.9 Å². The molecule has 3 rings (SSSR count). The van der Waals surface area contributed by atoms with Gasteiger partial charge in [0.15, 0.2) is 0 Å². The third-order valence-corrected chi connectivity index (χ3v) is 5.81. The molecule has 1 aliphatic rings. The summed E-state index contributed by atoms with van der Waals surface area (Å²) >= 11 is 0. The van der Waals surface area contributed by atoms with Gasteiger partial charge >= 0.3 is 12.1 Å². The zero-order valence-corrected chi connectivity index (χ0v) is 14.0. The van der Waals surface area contributed by atoms with Crippen molar-refractivity contribution in [1.29, 1.82) is 0 Å². The fraction of sp³-hybridized carbons (Fsp3) is 0.176. The van der Waals surface area contributed by atoms with Gasteiger partial charge in [0.25, 0.3) is 0 Å². The molecule has 1 atom stereocenters. The van der Waals surface area contributed by atoms with E-state index >= 15 is 0 Å². The first kappa shape index (κ1) is 17.0. The summed E-state index contributed by atoms with van der Waals surface area (Å²) in [4.78, 5) is 22.4. The Morgan fingerprint density at radius 1 is 1.20 bits per heavy atom. The molecule has 130 valence electrons. The Hall–Kier alpha value is -2.87. The molecule has 25 heavy (non-hydrogen) atoms. The van der Waals surface area contributed by atoms with Crippen LogP contribution in [0, 0.1) is 0 Å². The van der Waals surface area contributed by atoms with E-state index in [4.69, 9.17) is 9.84 Å². The Kier molecular flexibility index (Phi) is 4.22. The molecule has 2 aromatic carbocycles. The van der Waals surface area contributed by atoms with Crippen LogP contribution in [0.4, 0.5) is 4.79 Å². The van der Waals surface area contributed by atoms with Crippen LogP contribution in [0.1, 0.15) is 12.5 Å². The molecule has 1 heterocycles. The average Bonchev–Trinajstić information content (AvgIpc) is 2.83. The molecular formula is C17H15NO6S. The molecule has 2 aromatic rings. The monoisotopic (exact) mass is 361 g/mol. The third kappa shape index (κ3) is 3.08. The molecule has 0 radical (unpaired) electrons. The number of aliphatic carboxylic acids is 1. The maximum Gasteiger partial charge on any atom is 0.408 e. The second-order valence-corrected chi connectivity index (χ2v) is 7.54. The number of alkyl carbamates (subject to hydrolysis) is 1. The van der Waals surface area contributed by atoms with Gasteiger partial charge < -0.3 is 15.2 Å². The molecule has 0 fully saturated rings. The van der Waals surface area contributed by atoms with Crippen LogP contribution in [-0.4, -0.2) is 38.2 Å². The zero-order chi connectivity index (χ0) is 18.2. The summed E-state index contributed by atoms with van der Waals surface area (Å²) in [6.07, 6.45) is 0.470. The number of fused-ring (bicyclic) bond motifs is 3. The Balaban J connectivity index is 1.82. The van der Waals surface area contributed by atoms with Crippen molar-refractivity contribution in [2.24, 2.45) is 0 Å². The molecule has 0 saturated carbocycles. The number of sulfone groups is 1. The van der Waals surface area contributed by atoms with Gasteiger partial charge in [-0.3, -0.25) is 4.79 Å². The second kappa shape index (κ2) is 6.21. The van der Waals surface area contributed by atoms with E-state index in [2.05, 4.69) is 5.32 Å². The SMILES string of the molecule is C[C@H](NC(=O)OCC1=Cc2ccc3ccccc3c2S1(=O)=O)C(=O)O. The van der Waals surface area contributed by atoms with Gasteiger partial charge in [-0.2, -0.15) is 0 Å². The van der Waals surface area contributed by atoms with Gasteiger partial charge in [-0.1, -0.05) is 36.4 Å². The van der Waals surface area contributed by atoms with Crippen LogP contribution in [0.2, 0.25) is 0 Å². The van der Waals surface area contributed by atoms with E-state index in [1.807, 2.05) is 18.2 Å². The number of carbonyl (C=O) groups is 2. The van der Waals surface area contributed by atoms with Crippen molar-refractivity contribution in [1.82, 2.24) is 5.32 Å². The van der Waals surface area contributed by atoms with E-state index in [1.165, 1.54) is 13.0 Å². The molecule has 1 aliphatic heterocycles. The summed E-state index contributed by atoms with van der Waals surface area (Å²) < 4.78 is 30.4. The molecule has 0 unspecified atom stereocenters. The van der Waals surface area contributed by atoms with E-state index in [0.717, 1.165) is 5.39 Å². The summed E-state index contributed by atoms with van der Waals surface area (Å²) in [5.41, 5.74) is 0.539. The Morgan fingerprint density at radius 2 is 1.92 bits per heavy atom. The number of carboxylic acids is 1. The van der Waals surface area contributed by atoms with E-state index in [1.54, 1.807) is 18.2 Å². The molecule has 0 bridgehead atoms. The van der Waals surface area contributed by atoms with Gasteiger partial charge in [0.1, 0.15) is 12.6 Å². The predicted octanol–water partition coefficient (Wildman–Crippen LogP) is 2.17. The normalized spacial score (nSPS) is 16.0. The van der Waals surface area contributed by atoms with Crippen molar-refractivity contribution in [3.8, 4) is 0 Å². The third-order valence-electron chi connectivity index (χ3n) is 3.89. The molecule has 0 aliphatic carbocycles. The lowest BCUT2D eigenvalue weighted by molar-refractivity contribution is -0.138. The minimum atomic E-state index is -3.77. The summed E-state index contributed by atoms with van der Waals surface area (Å²) in [5.74, 6) is -1.22. The van der Waals surface area contributed by atoms with E-state index in [0.29, 0.717) is 10.9 Å². The van der Waals surface area contributed by atoms with Gasteiger partial charge in [-0.25, -0.2) is 13.2 Å². The van der Waals surface area contributed by atoms with Crippen LogP contribution in [0.5, 0.6) is 0 Å². The van der Waals surface area contributed by atoms with Gasteiger partial charge in [0.05, 0.1) is 9.80 Å². The number of rotatable bonds is 4. The maximum absolute atomic E-state index is 12.8. The number of hydrogen-bond donors (Lipinski definition) is 2. The van der Waals surface area contributed by atoms with Crippen molar-refractivity contribution in [3.63, 3.8) is 0 Å². The zero-order valence-electron chi connectivity index (χ0n) is 13.2. The number of carbonyl (C=O) groups excluding carboxylic acids is 1. The standard InChI is InChI=1S/C17H15NO6S/c1-10(16(19)20)18-17(21)24-9-13-8-12-7-6-11-4-2-3-5-14(11)15(12)25(13,22)23/h2-8,10H,9H2,1H3,(H,18,21)(H,19,20)/t10-/m0/s1. The average molecular weight is 361 g/mol. The molecule has 0 saturated heterocycles. The number of carboxylic acid groups (broad SMARTS) is 1. The molecular weight excluding hydrogens is 346 g/mol. The number of nitrogens with one attached hydrogen (secondary N) is 1. The van der Waals surface area contributed by atoms with E-state index in [-0.39, 0.29) is 9.80 Å². The quantitative estimate of drug-likeness (QED) is 0.864. The molecule has 0 aromatic heterocycles. The molecule has 2 N–H and O–H groups in total. The molecule has 0 spiro atoms. The Bertz CT molecular complexity index is 1010. The van der Waals surface area contributed by atoms with Crippen molar-refractivity contribution < 1.29 is 27.9 Å². The fourth-order valence-electron chi connectivity index (χ4n) is 2.59. The Morgan fingerprint density at radius 3 is 2.64 bits per heavy atom. The van der Waals surface area contributed by atoms with Gasteiger partial charge in [-0.15, -0.1) is 0 Å². The van der Waals surface area contributed by atoms with E-state index in [9.17, 15) is 18.0 Å². The molecule has 7 nitrogen and oxygen atoms in total. The smallest absolute Gasteiger partial charge is 0.408 e. The fourth-order valence-corrected chi connectivity index (χ4v) is 4.26. The highest BCUT2D eigenvalue weighted by molar-refractivity contribution is 7.96. The maximum atomic E-state index is 12.8. The first-order valence-electron chi connectivity index (χ1n) is 7.44. The van der Waals surface area contributed by atoms with E-state index < -0.39 is 34.5 Å². The number of hydrogen-bond acceptors (Lipinski definition) is 5. The summed E-state index contributed by atoms with van der Waals surface area (Å²) in [6, 6.07) is 9.52. The second-order valence-electron chi connectivity index (χ2n) is 5.60.